The Balaban J connectivity index is 2.13. The van der Waals surface area contributed by atoms with Crippen LogP contribution in [0.15, 0.2) is 24.3 Å². The van der Waals surface area contributed by atoms with Gasteiger partial charge in [-0.2, -0.15) is 0 Å². The monoisotopic (exact) mass is 396 g/mol. The van der Waals surface area contributed by atoms with Gasteiger partial charge in [-0.15, -0.1) is 46.4 Å². The van der Waals surface area contributed by atoms with Crippen LogP contribution in [-0.4, -0.2) is 51.1 Å². The number of ketones is 2. The molecule has 0 unspecified atom stereocenters. The molecule has 0 N–H and O–H groups in total. The van der Waals surface area contributed by atoms with Crippen molar-refractivity contribution in [2.75, 3.05) is 14.2 Å². The summed E-state index contributed by atoms with van der Waals surface area (Å²) in [6.45, 7) is 0. The molecule has 4 aliphatic rings. The number of carbonyl (C=O) groups is 2. The number of allylic oxidation sites excluding steroid dienone is 4. The van der Waals surface area contributed by atoms with Gasteiger partial charge in [-0.3, -0.25) is 9.59 Å². The lowest BCUT2D eigenvalue weighted by Gasteiger charge is -2.56. The fraction of sp³-hybridized carbons (Fsp3) is 0.600. The van der Waals surface area contributed by atoms with Crippen LogP contribution in [0.1, 0.15) is 0 Å². The highest BCUT2D eigenvalue weighted by molar-refractivity contribution is 6.52. The van der Waals surface area contributed by atoms with E-state index in [0.29, 0.717) is 0 Å². The molecule has 2 saturated carbocycles. The van der Waals surface area contributed by atoms with E-state index in [1.165, 1.54) is 26.4 Å². The van der Waals surface area contributed by atoms with E-state index in [1.807, 2.05) is 0 Å². The summed E-state index contributed by atoms with van der Waals surface area (Å²) in [7, 11) is 2.70. The van der Waals surface area contributed by atoms with Gasteiger partial charge in [0, 0.05) is 14.2 Å². The molecule has 0 aromatic carbocycles. The van der Waals surface area contributed by atoms with Gasteiger partial charge in [0.05, 0.1) is 11.8 Å². The van der Waals surface area contributed by atoms with Crippen LogP contribution >= 0.6 is 46.4 Å². The summed E-state index contributed by atoms with van der Waals surface area (Å²) in [5, 5.41) is 0. The molecule has 0 aromatic heterocycles. The fourth-order valence-electron chi connectivity index (χ4n) is 4.98. The van der Waals surface area contributed by atoms with Crippen LogP contribution in [0.5, 0.6) is 0 Å². The van der Waals surface area contributed by atoms with E-state index in [2.05, 4.69) is 0 Å². The molecule has 23 heavy (non-hydrogen) atoms. The van der Waals surface area contributed by atoms with Gasteiger partial charge in [-0.1, -0.05) is 12.2 Å². The van der Waals surface area contributed by atoms with Crippen molar-refractivity contribution in [1.29, 1.82) is 0 Å². The zero-order chi connectivity index (χ0) is 17.1. The number of methoxy groups -OCH3 is 2. The second-order valence-electron chi connectivity index (χ2n) is 6.30. The predicted molar refractivity (Wildman–Crippen MR) is 86.4 cm³/mol. The summed E-state index contributed by atoms with van der Waals surface area (Å²) >= 11 is 27.5. The topological polar surface area (TPSA) is 52.6 Å². The second-order valence-corrected chi connectivity index (χ2v) is 8.68. The molecule has 2 fully saturated rings. The molecule has 0 saturated heterocycles. The zero-order valence-corrected chi connectivity index (χ0v) is 15.1. The first kappa shape index (κ1) is 16.4. The molecule has 0 aromatic rings. The van der Waals surface area contributed by atoms with Crippen LogP contribution in [0, 0.1) is 11.8 Å². The zero-order valence-electron chi connectivity index (χ0n) is 12.1. The Bertz CT molecular complexity index is 662. The molecule has 124 valence electrons. The lowest BCUT2D eigenvalue weighted by atomic mass is 9.58. The number of halogens is 4. The van der Waals surface area contributed by atoms with Crippen molar-refractivity contribution >= 4 is 58.0 Å². The summed E-state index contributed by atoms with van der Waals surface area (Å²) in [6, 6.07) is 0. The number of alkyl halides is 4. The molecule has 4 nitrogen and oxygen atoms in total. The normalized spacial score (nSPS) is 54.9. The van der Waals surface area contributed by atoms with E-state index in [1.54, 1.807) is 12.2 Å². The van der Waals surface area contributed by atoms with Crippen LogP contribution in [0.4, 0.5) is 0 Å². The molecule has 4 aliphatic carbocycles. The maximum atomic E-state index is 12.6. The smallest absolute Gasteiger partial charge is 0.212 e. The minimum absolute atomic E-state index is 0.343. The summed E-state index contributed by atoms with van der Waals surface area (Å²) in [6.07, 6.45) is 5.59. The molecule has 8 heteroatoms. The third-order valence-electron chi connectivity index (χ3n) is 5.88. The van der Waals surface area contributed by atoms with Crippen LogP contribution in [-0.2, 0) is 19.1 Å². The van der Waals surface area contributed by atoms with Crippen LogP contribution in [0.3, 0.4) is 0 Å². The maximum absolute atomic E-state index is 12.6. The van der Waals surface area contributed by atoms with Gasteiger partial charge in [0.1, 0.15) is 19.5 Å². The number of carbonyl (C=O) groups excluding carboxylic acids is 2. The molecule has 2 bridgehead atoms. The largest absolute Gasteiger partial charge is 0.350 e. The average Bonchev–Trinajstić information content (AvgIpc) is 2.75. The van der Waals surface area contributed by atoms with Crippen molar-refractivity contribution in [3.05, 3.63) is 24.3 Å². The highest BCUT2D eigenvalue weighted by atomic mass is 35.5. The van der Waals surface area contributed by atoms with E-state index in [-0.39, 0.29) is 11.6 Å². The van der Waals surface area contributed by atoms with Crippen LogP contribution in [0.2, 0.25) is 0 Å². The molecule has 0 heterocycles. The van der Waals surface area contributed by atoms with Crippen molar-refractivity contribution in [3.63, 3.8) is 0 Å². The summed E-state index contributed by atoms with van der Waals surface area (Å²) in [4.78, 5) is 19.1. The van der Waals surface area contributed by atoms with Crippen LogP contribution in [0.25, 0.3) is 0 Å². The van der Waals surface area contributed by atoms with E-state index in [9.17, 15) is 9.59 Å². The van der Waals surface area contributed by atoms with Crippen molar-refractivity contribution < 1.29 is 19.1 Å². The minimum Gasteiger partial charge on any atom is -0.350 e. The van der Waals surface area contributed by atoms with Crippen molar-refractivity contribution in [1.82, 2.24) is 0 Å². The summed E-state index contributed by atoms with van der Waals surface area (Å²) < 4.78 is 11.2. The molecule has 0 amide bonds. The number of ether oxygens (including phenoxy) is 2. The highest BCUT2D eigenvalue weighted by Crippen LogP contribution is 2.83. The van der Waals surface area contributed by atoms with Gasteiger partial charge in [0.2, 0.25) is 5.79 Å². The standard InChI is InChI=1S/C15H12Cl4O4/c1-22-15(23-2)13(18)9-7(20)3-4-8(21)10(9)14(15,19)12(17)6-5-11(12,13)16/h3-6,9-10H,1-2H3/t9-,10+,11-,12+,13-,14+. The second kappa shape index (κ2) is 4.17. The lowest BCUT2D eigenvalue weighted by Crippen LogP contribution is -2.71. The van der Waals surface area contributed by atoms with Gasteiger partial charge in [0.15, 0.2) is 11.6 Å². The maximum Gasteiger partial charge on any atom is 0.212 e. The molecular weight excluding hydrogens is 386 g/mol. The molecule has 0 aliphatic heterocycles. The molecule has 6 atom stereocenters. The quantitative estimate of drug-likeness (QED) is 0.408. The Morgan fingerprint density at radius 3 is 1.43 bits per heavy atom. The average molecular weight is 398 g/mol. The first-order valence-corrected chi connectivity index (χ1v) is 8.46. The van der Waals surface area contributed by atoms with Crippen molar-refractivity contribution in [2.24, 2.45) is 11.8 Å². The van der Waals surface area contributed by atoms with Crippen molar-refractivity contribution in [2.45, 2.75) is 25.3 Å². The Labute approximate surface area is 152 Å². The Morgan fingerprint density at radius 1 is 0.826 bits per heavy atom. The Kier molecular flexibility index (Phi) is 2.97. The number of rotatable bonds is 2. The third kappa shape index (κ3) is 1.15. The van der Waals surface area contributed by atoms with Gasteiger partial charge in [-0.05, 0) is 12.2 Å². The number of fused-ring (bicyclic) bond motifs is 8. The molecular formula is C15H12Cl4O4. The van der Waals surface area contributed by atoms with E-state index >= 15 is 0 Å². The number of hydrogen-bond donors (Lipinski definition) is 0. The Hall–Kier alpha value is -0.100. The Morgan fingerprint density at radius 2 is 1.17 bits per heavy atom. The highest BCUT2D eigenvalue weighted by Gasteiger charge is 2.99. The molecule has 4 rings (SSSR count). The van der Waals surface area contributed by atoms with Gasteiger partial charge < -0.3 is 9.47 Å². The summed E-state index contributed by atoms with van der Waals surface area (Å²) in [5.41, 5.74) is 0. The van der Waals surface area contributed by atoms with E-state index < -0.39 is 37.1 Å². The fourth-order valence-corrected chi connectivity index (χ4v) is 7.66. The first-order chi connectivity index (χ1) is 10.6. The van der Waals surface area contributed by atoms with E-state index in [4.69, 9.17) is 55.9 Å². The van der Waals surface area contributed by atoms with Gasteiger partial charge in [0.25, 0.3) is 0 Å². The minimum atomic E-state index is -1.72. The summed E-state index contributed by atoms with van der Waals surface area (Å²) in [5.74, 6) is -4.39. The predicted octanol–water partition coefficient (Wildman–Crippen LogP) is 2.42. The molecule has 0 spiro atoms. The molecule has 0 radical (unpaired) electrons. The van der Waals surface area contributed by atoms with Gasteiger partial charge >= 0.3 is 0 Å². The SMILES string of the molecule is COC1(OC)[C@]2(Cl)[C@H]3C(=O)C=CC(=O)[C@H]3[C@@]1(Cl)[C@@]1(Cl)C=C[C@]12Cl. The van der Waals surface area contributed by atoms with E-state index in [0.717, 1.165) is 0 Å². The van der Waals surface area contributed by atoms with Crippen LogP contribution < -0.4 is 0 Å². The van der Waals surface area contributed by atoms with Gasteiger partial charge in [-0.25, -0.2) is 0 Å². The first-order valence-electron chi connectivity index (χ1n) is 6.95. The number of hydrogen-bond acceptors (Lipinski definition) is 4. The van der Waals surface area contributed by atoms with Crippen molar-refractivity contribution in [3.8, 4) is 0 Å². The lowest BCUT2D eigenvalue weighted by molar-refractivity contribution is -0.225. The third-order valence-corrected chi connectivity index (χ3v) is 9.18.